The highest BCUT2D eigenvalue weighted by molar-refractivity contribution is 9.10. The molecule has 1 heterocycles. The normalized spacial score (nSPS) is 16.9. The lowest BCUT2D eigenvalue weighted by Crippen LogP contribution is -2.35. The van der Waals surface area contributed by atoms with Crippen LogP contribution < -0.4 is 4.90 Å². The van der Waals surface area contributed by atoms with Crippen LogP contribution in [0.1, 0.15) is 19.3 Å². The molecule has 80 valence electrons. The third-order valence-corrected chi connectivity index (χ3v) is 3.02. The third-order valence-electron chi connectivity index (χ3n) is 2.52. The second kappa shape index (κ2) is 4.31. The number of piperidine rings is 1. The number of nitrogens with zero attached hydrogens (tertiary/aromatic N) is 1. The van der Waals surface area contributed by atoms with Crippen molar-refractivity contribution in [3.8, 4) is 0 Å². The molecule has 15 heavy (non-hydrogen) atoms. The Morgan fingerprint density at radius 3 is 2.80 bits per heavy atom. The molecule has 0 bridgehead atoms. The van der Waals surface area contributed by atoms with Gasteiger partial charge in [0.15, 0.2) is 0 Å². The van der Waals surface area contributed by atoms with Gasteiger partial charge in [0.1, 0.15) is 5.82 Å². The van der Waals surface area contributed by atoms with Crippen LogP contribution >= 0.6 is 15.9 Å². The second-order valence-electron chi connectivity index (χ2n) is 3.60. The van der Waals surface area contributed by atoms with Gasteiger partial charge in [0, 0.05) is 17.4 Å². The molecule has 0 aromatic heterocycles. The van der Waals surface area contributed by atoms with Gasteiger partial charge in [0.2, 0.25) is 5.91 Å². The molecule has 1 aliphatic heterocycles. The summed E-state index contributed by atoms with van der Waals surface area (Å²) in [4.78, 5) is 13.1. The van der Waals surface area contributed by atoms with Gasteiger partial charge in [-0.05, 0) is 31.0 Å². The molecule has 0 saturated carbocycles. The predicted octanol–water partition coefficient (Wildman–Crippen LogP) is 3.11. The van der Waals surface area contributed by atoms with E-state index < -0.39 is 0 Å². The molecule has 1 saturated heterocycles. The monoisotopic (exact) mass is 271 g/mol. The number of hydrogen-bond acceptors (Lipinski definition) is 1. The molecule has 0 radical (unpaired) electrons. The Hall–Kier alpha value is -0.900. The average Bonchev–Trinajstić information content (AvgIpc) is 2.20. The SMILES string of the molecule is O=C1CCCCN1c1ccc(Br)cc1F. The van der Waals surface area contributed by atoms with Crippen molar-refractivity contribution in [3.63, 3.8) is 0 Å². The third kappa shape index (κ3) is 2.20. The van der Waals surface area contributed by atoms with E-state index in [1.165, 1.54) is 11.0 Å². The average molecular weight is 272 g/mol. The summed E-state index contributed by atoms with van der Waals surface area (Å²) in [5.74, 6) is -0.331. The summed E-state index contributed by atoms with van der Waals surface area (Å²) in [6.07, 6.45) is 2.38. The van der Waals surface area contributed by atoms with Crippen LogP contribution in [0.4, 0.5) is 10.1 Å². The topological polar surface area (TPSA) is 20.3 Å². The molecule has 2 nitrogen and oxygen atoms in total. The summed E-state index contributed by atoms with van der Waals surface area (Å²) in [6, 6.07) is 4.78. The molecule has 0 spiro atoms. The van der Waals surface area contributed by atoms with Crippen LogP contribution in [0.2, 0.25) is 0 Å². The Bertz CT molecular complexity index is 394. The van der Waals surface area contributed by atoms with Crippen LogP contribution in [0.25, 0.3) is 0 Å². The summed E-state index contributed by atoms with van der Waals surface area (Å²) < 4.78 is 14.3. The smallest absolute Gasteiger partial charge is 0.227 e. The lowest BCUT2D eigenvalue weighted by molar-refractivity contribution is -0.119. The fraction of sp³-hybridized carbons (Fsp3) is 0.364. The first-order valence-corrected chi connectivity index (χ1v) is 5.73. The zero-order chi connectivity index (χ0) is 10.8. The number of halogens is 2. The number of carbonyl (C=O) groups excluding carboxylic acids is 1. The van der Waals surface area contributed by atoms with Crippen LogP contribution in [0, 0.1) is 5.82 Å². The van der Waals surface area contributed by atoms with Gasteiger partial charge < -0.3 is 4.90 Å². The van der Waals surface area contributed by atoms with Gasteiger partial charge in [-0.2, -0.15) is 0 Å². The van der Waals surface area contributed by atoms with Crippen molar-refractivity contribution in [1.82, 2.24) is 0 Å². The van der Waals surface area contributed by atoms with Crippen molar-refractivity contribution >= 4 is 27.5 Å². The van der Waals surface area contributed by atoms with Crippen LogP contribution in [-0.2, 0) is 4.79 Å². The van der Waals surface area contributed by atoms with Crippen molar-refractivity contribution in [2.24, 2.45) is 0 Å². The van der Waals surface area contributed by atoms with Crippen molar-refractivity contribution in [2.75, 3.05) is 11.4 Å². The quantitative estimate of drug-likeness (QED) is 0.769. The number of rotatable bonds is 1. The van der Waals surface area contributed by atoms with E-state index in [0.717, 1.165) is 12.8 Å². The number of amides is 1. The first-order valence-electron chi connectivity index (χ1n) is 4.94. The van der Waals surface area contributed by atoms with E-state index in [2.05, 4.69) is 15.9 Å². The fourth-order valence-electron chi connectivity index (χ4n) is 1.76. The molecule has 0 N–H and O–H groups in total. The molecule has 1 aromatic rings. The van der Waals surface area contributed by atoms with E-state index >= 15 is 0 Å². The highest BCUT2D eigenvalue weighted by Gasteiger charge is 2.21. The molecule has 1 aliphatic rings. The highest BCUT2D eigenvalue weighted by atomic mass is 79.9. The molecule has 0 atom stereocenters. The maximum Gasteiger partial charge on any atom is 0.227 e. The van der Waals surface area contributed by atoms with E-state index in [4.69, 9.17) is 0 Å². The molecule has 0 aliphatic carbocycles. The number of anilines is 1. The minimum Gasteiger partial charge on any atom is -0.310 e. The minimum atomic E-state index is -0.348. The number of carbonyl (C=O) groups is 1. The Morgan fingerprint density at radius 1 is 1.33 bits per heavy atom. The summed E-state index contributed by atoms with van der Waals surface area (Å²) in [7, 11) is 0. The zero-order valence-corrected chi connectivity index (χ0v) is 9.76. The lowest BCUT2D eigenvalue weighted by atomic mass is 10.1. The highest BCUT2D eigenvalue weighted by Crippen LogP contribution is 2.26. The van der Waals surface area contributed by atoms with Crippen molar-refractivity contribution in [3.05, 3.63) is 28.5 Å². The molecule has 0 unspecified atom stereocenters. The standard InChI is InChI=1S/C11H11BrFNO/c12-8-4-5-10(9(13)7-8)14-6-2-1-3-11(14)15/h4-5,7H,1-3,6H2. The van der Waals surface area contributed by atoms with E-state index in [9.17, 15) is 9.18 Å². The molecule has 1 amide bonds. The van der Waals surface area contributed by atoms with Crippen LogP contribution in [0.5, 0.6) is 0 Å². The minimum absolute atomic E-state index is 0.0162. The van der Waals surface area contributed by atoms with E-state index in [-0.39, 0.29) is 11.7 Å². The Balaban J connectivity index is 2.31. The molecular formula is C11H11BrFNO. The Kier molecular flexibility index (Phi) is 3.05. The Labute approximate surface area is 96.2 Å². The maximum atomic E-state index is 13.6. The summed E-state index contributed by atoms with van der Waals surface area (Å²) in [5.41, 5.74) is 0.392. The first-order chi connectivity index (χ1) is 7.18. The van der Waals surface area contributed by atoms with Crippen LogP contribution in [0.15, 0.2) is 22.7 Å². The molecule has 1 aromatic carbocycles. The molecule has 4 heteroatoms. The lowest BCUT2D eigenvalue weighted by Gasteiger charge is -2.27. The predicted molar refractivity (Wildman–Crippen MR) is 60.3 cm³/mol. The van der Waals surface area contributed by atoms with Gasteiger partial charge in [0.05, 0.1) is 5.69 Å². The van der Waals surface area contributed by atoms with Gasteiger partial charge in [-0.3, -0.25) is 4.79 Å². The molecule has 2 rings (SSSR count). The van der Waals surface area contributed by atoms with Crippen molar-refractivity contribution in [1.29, 1.82) is 0 Å². The summed E-state index contributed by atoms with van der Waals surface area (Å²) in [6.45, 7) is 0.622. The van der Waals surface area contributed by atoms with Gasteiger partial charge >= 0.3 is 0 Å². The van der Waals surface area contributed by atoms with Gasteiger partial charge in [-0.1, -0.05) is 15.9 Å². The van der Waals surface area contributed by atoms with Gasteiger partial charge in [-0.15, -0.1) is 0 Å². The largest absolute Gasteiger partial charge is 0.310 e. The first kappa shape index (κ1) is 10.6. The zero-order valence-electron chi connectivity index (χ0n) is 8.17. The number of benzene rings is 1. The van der Waals surface area contributed by atoms with Crippen LogP contribution in [0.3, 0.4) is 0 Å². The molecular weight excluding hydrogens is 261 g/mol. The van der Waals surface area contributed by atoms with E-state index in [0.29, 0.717) is 23.1 Å². The second-order valence-corrected chi connectivity index (χ2v) is 4.51. The van der Waals surface area contributed by atoms with Crippen molar-refractivity contribution in [2.45, 2.75) is 19.3 Å². The maximum absolute atomic E-state index is 13.6. The van der Waals surface area contributed by atoms with Gasteiger partial charge in [0.25, 0.3) is 0 Å². The number of hydrogen-bond donors (Lipinski definition) is 0. The van der Waals surface area contributed by atoms with Gasteiger partial charge in [-0.25, -0.2) is 4.39 Å². The molecule has 1 fully saturated rings. The van der Waals surface area contributed by atoms with E-state index in [1.54, 1.807) is 12.1 Å². The summed E-state index contributed by atoms with van der Waals surface area (Å²) >= 11 is 3.19. The van der Waals surface area contributed by atoms with Crippen LogP contribution in [-0.4, -0.2) is 12.5 Å². The fourth-order valence-corrected chi connectivity index (χ4v) is 2.09. The summed E-state index contributed by atoms with van der Waals surface area (Å²) in [5, 5.41) is 0. The van der Waals surface area contributed by atoms with E-state index in [1.807, 2.05) is 0 Å². The Morgan fingerprint density at radius 2 is 2.13 bits per heavy atom. The van der Waals surface area contributed by atoms with Crippen molar-refractivity contribution < 1.29 is 9.18 Å².